The fourth-order valence-corrected chi connectivity index (χ4v) is 0.874. The molecule has 60 valence electrons. The molecule has 0 aromatic carbocycles. The molecule has 0 aromatic rings. The number of methoxy groups -OCH3 is 1. The Morgan fingerprint density at radius 3 is 2.45 bits per heavy atom. The highest BCUT2D eigenvalue weighted by atomic mass is 16.5. The van der Waals surface area contributed by atoms with E-state index in [0.29, 0.717) is 0 Å². The number of allylic oxidation sites excluding steroid dienone is 2. The number of nitrogens with one attached hydrogen (secondary N) is 1. The van der Waals surface area contributed by atoms with Crippen molar-refractivity contribution in [1.29, 1.82) is 0 Å². The van der Waals surface area contributed by atoms with E-state index < -0.39 is 12.7 Å². The molecule has 0 spiro atoms. The van der Waals surface area contributed by atoms with Crippen molar-refractivity contribution < 1.29 is 14.8 Å². The van der Waals surface area contributed by atoms with Crippen LogP contribution in [0.25, 0.3) is 0 Å². The minimum atomic E-state index is -1.58. The van der Waals surface area contributed by atoms with Crippen molar-refractivity contribution >= 4 is 7.12 Å². The Balaban J connectivity index is 2.77. The molecule has 0 amide bonds. The van der Waals surface area contributed by atoms with Gasteiger partial charge < -0.3 is 20.1 Å². The van der Waals surface area contributed by atoms with Gasteiger partial charge in [0.25, 0.3) is 0 Å². The van der Waals surface area contributed by atoms with Crippen molar-refractivity contribution in [2.24, 2.45) is 0 Å². The van der Waals surface area contributed by atoms with Crippen LogP contribution in [0.2, 0.25) is 0 Å². The van der Waals surface area contributed by atoms with Crippen LogP contribution in [0.1, 0.15) is 0 Å². The van der Waals surface area contributed by atoms with Gasteiger partial charge in [-0.05, 0) is 18.4 Å². The van der Waals surface area contributed by atoms with Crippen LogP contribution in [-0.2, 0) is 4.74 Å². The van der Waals surface area contributed by atoms with Gasteiger partial charge in [0, 0.05) is 7.11 Å². The largest absolute Gasteiger partial charge is 0.512 e. The van der Waals surface area contributed by atoms with Crippen LogP contribution >= 0.6 is 0 Å². The molecule has 3 N–H and O–H groups in total. The number of rotatable bonds is 2. The Labute approximate surface area is 65.3 Å². The summed E-state index contributed by atoms with van der Waals surface area (Å²) in [6.07, 6.45) is 6.54. The zero-order valence-electron chi connectivity index (χ0n) is 6.19. The molecule has 5 heteroatoms. The van der Waals surface area contributed by atoms with E-state index in [4.69, 9.17) is 14.8 Å². The first kappa shape index (κ1) is 8.32. The Bertz CT molecular complexity index is 192. The summed E-state index contributed by atoms with van der Waals surface area (Å²) in [5.74, 6) is 0. The van der Waals surface area contributed by atoms with Crippen LogP contribution in [-0.4, -0.2) is 29.9 Å². The zero-order chi connectivity index (χ0) is 8.32. The lowest BCUT2D eigenvalue weighted by Crippen LogP contribution is -2.56. The van der Waals surface area contributed by atoms with E-state index in [-0.39, 0.29) is 0 Å². The van der Waals surface area contributed by atoms with Gasteiger partial charge in [-0.25, -0.2) is 0 Å². The van der Waals surface area contributed by atoms with Gasteiger partial charge in [-0.15, -0.1) is 0 Å². The molecule has 1 aliphatic rings. The molecule has 1 unspecified atom stereocenters. The second-order valence-electron chi connectivity index (χ2n) is 2.23. The molecular formula is C6H10BNO3. The Morgan fingerprint density at radius 1 is 1.45 bits per heavy atom. The average Bonchev–Trinajstić information content (AvgIpc) is 2.05. The molecule has 1 heterocycles. The molecule has 0 fully saturated rings. The molecular weight excluding hydrogens is 145 g/mol. The van der Waals surface area contributed by atoms with Crippen LogP contribution in [0.3, 0.4) is 0 Å². The second-order valence-corrected chi connectivity index (χ2v) is 2.23. The monoisotopic (exact) mass is 155 g/mol. The molecule has 0 aliphatic carbocycles. The molecule has 11 heavy (non-hydrogen) atoms. The van der Waals surface area contributed by atoms with Crippen molar-refractivity contribution in [3.8, 4) is 0 Å². The number of hydrogen-bond donors (Lipinski definition) is 3. The predicted molar refractivity (Wildman–Crippen MR) is 41.3 cm³/mol. The molecule has 0 aromatic heterocycles. The third-order valence-electron chi connectivity index (χ3n) is 1.58. The molecule has 0 saturated heterocycles. The Kier molecular flexibility index (Phi) is 2.33. The summed E-state index contributed by atoms with van der Waals surface area (Å²) in [6, 6.07) is 0. The van der Waals surface area contributed by atoms with Crippen LogP contribution in [0.4, 0.5) is 0 Å². The van der Waals surface area contributed by atoms with E-state index in [1.807, 2.05) is 0 Å². The first-order chi connectivity index (χ1) is 5.21. The number of hydrogen-bond acceptors (Lipinski definition) is 4. The van der Waals surface area contributed by atoms with Gasteiger partial charge in [0.15, 0.2) is 5.62 Å². The highest BCUT2D eigenvalue weighted by molar-refractivity contribution is 6.46. The van der Waals surface area contributed by atoms with Crippen LogP contribution in [0, 0.1) is 0 Å². The minimum Gasteiger partial charge on any atom is -0.424 e. The lowest BCUT2D eigenvalue weighted by molar-refractivity contribution is 0.0508. The zero-order valence-corrected chi connectivity index (χ0v) is 6.19. The van der Waals surface area contributed by atoms with Gasteiger partial charge in [0.1, 0.15) is 0 Å². The quantitative estimate of drug-likeness (QED) is 0.448. The van der Waals surface area contributed by atoms with Crippen molar-refractivity contribution in [1.82, 2.24) is 5.32 Å². The maximum Gasteiger partial charge on any atom is 0.512 e. The third-order valence-corrected chi connectivity index (χ3v) is 1.58. The van der Waals surface area contributed by atoms with Crippen LogP contribution in [0.15, 0.2) is 24.4 Å². The Hall–Kier alpha value is -0.775. The molecule has 0 saturated carbocycles. The highest BCUT2D eigenvalue weighted by Gasteiger charge is 2.40. The van der Waals surface area contributed by atoms with Gasteiger partial charge >= 0.3 is 7.12 Å². The van der Waals surface area contributed by atoms with Gasteiger partial charge in [0.05, 0.1) is 0 Å². The van der Waals surface area contributed by atoms with Crippen molar-refractivity contribution in [3.05, 3.63) is 24.4 Å². The molecule has 0 radical (unpaired) electrons. The summed E-state index contributed by atoms with van der Waals surface area (Å²) in [4.78, 5) is 0. The molecule has 0 bridgehead atoms. The summed E-state index contributed by atoms with van der Waals surface area (Å²) in [6.45, 7) is 0. The average molecular weight is 155 g/mol. The van der Waals surface area contributed by atoms with Crippen molar-refractivity contribution in [2.45, 2.75) is 5.62 Å². The second kappa shape index (κ2) is 3.08. The normalized spacial score (nSPS) is 28.3. The smallest absolute Gasteiger partial charge is 0.424 e. The van der Waals surface area contributed by atoms with Gasteiger partial charge in [-0.3, -0.25) is 0 Å². The summed E-state index contributed by atoms with van der Waals surface area (Å²) in [5, 5.41) is 20.5. The molecule has 1 aliphatic heterocycles. The molecule has 1 rings (SSSR count). The predicted octanol–water partition coefficient (Wildman–Crippen LogP) is -0.986. The van der Waals surface area contributed by atoms with Crippen LogP contribution in [0.5, 0.6) is 0 Å². The standard InChI is InChI=1S/C6H10BNO3/c1-11-6(7(9)10)4-2-3-5-8-6/h2-5,8-10H,1H3. The van der Waals surface area contributed by atoms with E-state index in [2.05, 4.69) is 5.32 Å². The summed E-state index contributed by atoms with van der Waals surface area (Å²) in [7, 11) is -0.177. The minimum absolute atomic E-state index is 1.19. The topological polar surface area (TPSA) is 61.7 Å². The van der Waals surface area contributed by atoms with Crippen molar-refractivity contribution in [3.63, 3.8) is 0 Å². The first-order valence-electron chi connectivity index (χ1n) is 3.24. The summed E-state index contributed by atoms with van der Waals surface area (Å²) in [5.41, 5.74) is -1.19. The molecule has 1 atom stereocenters. The fraction of sp³-hybridized carbons (Fsp3) is 0.333. The maximum atomic E-state index is 8.91. The maximum absolute atomic E-state index is 8.91. The van der Waals surface area contributed by atoms with E-state index in [1.165, 1.54) is 13.2 Å². The lowest BCUT2D eigenvalue weighted by Gasteiger charge is -2.29. The Morgan fingerprint density at radius 2 is 2.18 bits per heavy atom. The third kappa shape index (κ3) is 1.45. The van der Waals surface area contributed by atoms with Gasteiger partial charge in [0.2, 0.25) is 0 Å². The van der Waals surface area contributed by atoms with Crippen molar-refractivity contribution in [2.75, 3.05) is 7.11 Å². The summed E-state index contributed by atoms with van der Waals surface area (Å²) < 4.78 is 4.89. The van der Waals surface area contributed by atoms with E-state index in [1.54, 1.807) is 18.4 Å². The SMILES string of the molecule is COC1(B(O)O)C=CC=CN1. The summed E-state index contributed by atoms with van der Waals surface area (Å²) >= 11 is 0. The molecule has 4 nitrogen and oxygen atoms in total. The lowest BCUT2D eigenvalue weighted by atomic mass is 9.74. The fourth-order valence-electron chi connectivity index (χ4n) is 0.874. The number of ether oxygens (including phenoxy) is 1. The van der Waals surface area contributed by atoms with Gasteiger partial charge in [-0.2, -0.15) is 0 Å². The first-order valence-corrected chi connectivity index (χ1v) is 3.24. The van der Waals surface area contributed by atoms with E-state index >= 15 is 0 Å². The van der Waals surface area contributed by atoms with E-state index in [0.717, 1.165) is 0 Å². The van der Waals surface area contributed by atoms with Gasteiger partial charge in [-0.1, -0.05) is 6.08 Å². The highest BCUT2D eigenvalue weighted by Crippen LogP contribution is 2.12. The van der Waals surface area contributed by atoms with Crippen LogP contribution < -0.4 is 5.32 Å². The number of dihydropyridines is 1. The van der Waals surface area contributed by atoms with E-state index in [9.17, 15) is 0 Å².